The number of nitrogens with zero attached hydrogens (tertiary/aromatic N) is 4. The molecule has 2 aromatic rings. The van der Waals surface area contributed by atoms with Gasteiger partial charge in [0.05, 0.1) is 10.5 Å². The van der Waals surface area contributed by atoms with Gasteiger partial charge in [-0.25, -0.2) is 18.1 Å². The fourth-order valence-corrected chi connectivity index (χ4v) is 4.51. The number of rotatable bonds is 5. The highest BCUT2D eigenvalue weighted by atomic mass is 32.2. The van der Waals surface area contributed by atoms with Crippen molar-refractivity contribution < 1.29 is 13.2 Å². The molecule has 1 fully saturated rings. The second-order valence-electron chi connectivity index (χ2n) is 7.07. The summed E-state index contributed by atoms with van der Waals surface area (Å²) in [5, 5.41) is 9.25. The summed E-state index contributed by atoms with van der Waals surface area (Å²) in [6.07, 6.45) is 1.64. The average Bonchev–Trinajstić information content (AvgIpc) is 2.72. The van der Waals surface area contributed by atoms with E-state index in [4.69, 9.17) is 0 Å². The van der Waals surface area contributed by atoms with E-state index in [0.29, 0.717) is 43.1 Å². The van der Waals surface area contributed by atoms with Crippen LogP contribution in [-0.4, -0.2) is 56.4 Å². The lowest BCUT2D eigenvalue weighted by Crippen LogP contribution is -2.49. The van der Waals surface area contributed by atoms with Gasteiger partial charge in [0.1, 0.15) is 11.9 Å². The number of nitrogens with one attached hydrogen (secondary N) is 1. The highest BCUT2D eigenvalue weighted by molar-refractivity contribution is 7.89. The van der Waals surface area contributed by atoms with E-state index in [9.17, 15) is 18.5 Å². The van der Waals surface area contributed by atoms with E-state index in [-0.39, 0.29) is 16.8 Å². The zero-order valence-electron chi connectivity index (χ0n) is 16.4. The summed E-state index contributed by atoms with van der Waals surface area (Å²) in [5.41, 5.74) is 0.837. The number of nitriles is 1. The van der Waals surface area contributed by atoms with Gasteiger partial charge in [-0.3, -0.25) is 4.79 Å². The van der Waals surface area contributed by atoms with E-state index < -0.39 is 10.0 Å². The first-order chi connectivity index (χ1) is 13.8. The lowest BCUT2D eigenvalue weighted by molar-refractivity contribution is 0.0746. The van der Waals surface area contributed by atoms with Crippen LogP contribution in [0.25, 0.3) is 0 Å². The van der Waals surface area contributed by atoms with Gasteiger partial charge in [0, 0.05) is 44.0 Å². The number of hydrogen-bond acceptors (Lipinski definition) is 6. The summed E-state index contributed by atoms with van der Waals surface area (Å²) in [4.78, 5) is 20.9. The van der Waals surface area contributed by atoms with Crippen molar-refractivity contribution in [3.05, 3.63) is 53.7 Å². The topological polar surface area (TPSA) is 106 Å². The van der Waals surface area contributed by atoms with E-state index >= 15 is 0 Å². The van der Waals surface area contributed by atoms with Crippen molar-refractivity contribution in [3.63, 3.8) is 0 Å². The minimum atomic E-state index is -3.67. The van der Waals surface area contributed by atoms with E-state index in [2.05, 4.69) is 15.8 Å². The average molecular weight is 414 g/mol. The highest BCUT2D eigenvalue weighted by Gasteiger charge is 2.25. The van der Waals surface area contributed by atoms with Gasteiger partial charge in [0.25, 0.3) is 5.91 Å². The van der Waals surface area contributed by atoms with Crippen LogP contribution < -0.4 is 9.62 Å². The summed E-state index contributed by atoms with van der Waals surface area (Å²) in [6.45, 7) is 5.49. The molecule has 1 amide bonds. The van der Waals surface area contributed by atoms with Crippen LogP contribution in [0, 0.1) is 11.3 Å². The quantitative estimate of drug-likeness (QED) is 0.798. The number of anilines is 1. The molecule has 0 aliphatic carbocycles. The Hall–Kier alpha value is -2.96. The molecule has 8 nitrogen and oxygen atoms in total. The number of amides is 1. The maximum absolute atomic E-state index is 12.9. The zero-order valence-corrected chi connectivity index (χ0v) is 17.2. The standard InChI is InChI=1S/C20H23N5O3S/c1-15(2)23-29(27,28)18-7-3-5-16(13-18)20(26)25-11-9-24(10-12-25)19-17(14-21)6-4-8-22-19/h3-8,13,15,23H,9-12H2,1-2H3. The Morgan fingerprint density at radius 3 is 2.55 bits per heavy atom. The molecule has 1 aliphatic rings. The molecule has 1 aliphatic heterocycles. The zero-order chi connectivity index (χ0) is 21.0. The van der Waals surface area contributed by atoms with Gasteiger partial charge < -0.3 is 9.80 Å². The van der Waals surface area contributed by atoms with E-state index in [1.165, 1.54) is 12.1 Å². The third-order valence-corrected chi connectivity index (χ3v) is 6.21. The number of piperazine rings is 1. The molecule has 1 N–H and O–H groups in total. The van der Waals surface area contributed by atoms with Crippen molar-refractivity contribution in [1.29, 1.82) is 5.26 Å². The number of aromatic nitrogens is 1. The van der Waals surface area contributed by atoms with Crippen LogP contribution in [0.5, 0.6) is 0 Å². The molecule has 0 atom stereocenters. The second-order valence-corrected chi connectivity index (χ2v) is 8.78. The molecule has 0 bridgehead atoms. The molecule has 0 spiro atoms. The van der Waals surface area contributed by atoms with Gasteiger partial charge in [0.15, 0.2) is 0 Å². The number of carbonyl (C=O) groups excluding carboxylic acids is 1. The van der Waals surface area contributed by atoms with Crippen molar-refractivity contribution in [1.82, 2.24) is 14.6 Å². The summed E-state index contributed by atoms with van der Waals surface area (Å²) in [7, 11) is -3.67. The monoisotopic (exact) mass is 413 g/mol. The van der Waals surface area contributed by atoms with Crippen molar-refractivity contribution in [3.8, 4) is 6.07 Å². The first kappa shape index (κ1) is 20.8. The molecular formula is C20H23N5O3S. The maximum Gasteiger partial charge on any atom is 0.254 e. The summed E-state index contributed by atoms with van der Waals surface area (Å²) < 4.78 is 27.3. The Labute approximate surface area is 170 Å². The number of carbonyl (C=O) groups is 1. The maximum atomic E-state index is 12.9. The van der Waals surface area contributed by atoms with Crippen LogP contribution in [0.2, 0.25) is 0 Å². The Bertz CT molecular complexity index is 1040. The normalized spacial score (nSPS) is 14.7. The number of pyridine rings is 1. The lowest BCUT2D eigenvalue weighted by atomic mass is 10.1. The van der Waals surface area contributed by atoms with Gasteiger partial charge in [-0.15, -0.1) is 0 Å². The van der Waals surface area contributed by atoms with Crippen LogP contribution in [0.3, 0.4) is 0 Å². The van der Waals surface area contributed by atoms with Crippen LogP contribution in [0.4, 0.5) is 5.82 Å². The third-order valence-electron chi connectivity index (χ3n) is 4.56. The number of sulfonamides is 1. The minimum Gasteiger partial charge on any atom is -0.352 e. The first-order valence-corrected chi connectivity index (χ1v) is 10.8. The Kier molecular flexibility index (Phi) is 6.15. The van der Waals surface area contributed by atoms with Crippen molar-refractivity contribution >= 4 is 21.7 Å². The lowest BCUT2D eigenvalue weighted by Gasteiger charge is -2.35. The Balaban J connectivity index is 1.72. The Morgan fingerprint density at radius 2 is 1.90 bits per heavy atom. The third kappa shape index (κ3) is 4.72. The fraction of sp³-hybridized carbons (Fsp3) is 0.350. The van der Waals surface area contributed by atoms with Gasteiger partial charge in [-0.2, -0.15) is 5.26 Å². The summed E-state index contributed by atoms with van der Waals surface area (Å²) >= 11 is 0. The van der Waals surface area contributed by atoms with E-state index in [1.807, 2.05) is 4.90 Å². The van der Waals surface area contributed by atoms with Crippen molar-refractivity contribution in [2.75, 3.05) is 31.1 Å². The van der Waals surface area contributed by atoms with Crippen molar-refractivity contribution in [2.45, 2.75) is 24.8 Å². The van der Waals surface area contributed by atoms with Crippen molar-refractivity contribution in [2.24, 2.45) is 0 Å². The molecule has 1 aromatic carbocycles. The second kappa shape index (κ2) is 8.59. The minimum absolute atomic E-state index is 0.0721. The van der Waals surface area contributed by atoms with Crippen LogP contribution in [0.15, 0.2) is 47.5 Å². The largest absolute Gasteiger partial charge is 0.352 e. The van der Waals surface area contributed by atoms with Gasteiger partial charge >= 0.3 is 0 Å². The molecule has 0 radical (unpaired) electrons. The highest BCUT2D eigenvalue weighted by Crippen LogP contribution is 2.20. The van der Waals surface area contributed by atoms with Crippen LogP contribution in [0.1, 0.15) is 29.8 Å². The molecule has 0 unspecified atom stereocenters. The molecule has 152 valence electrons. The van der Waals surface area contributed by atoms with Crippen LogP contribution >= 0.6 is 0 Å². The van der Waals surface area contributed by atoms with Gasteiger partial charge in [-0.05, 0) is 44.2 Å². The molecule has 9 heteroatoms. The van der Waals surface area contributed by atoms with Crippen LogP contribution in [-0.2, 0) is 10.0 Å². The molecule has 3 rings (SSSR count). The summed E-state index contributed by atoms with van der Waals surface area (Å²) in [5.74, 6) is 0.405. The Morgan fingerprint density at radius 1 is 1.17 bits per heavy atom. The number of hydrogen-bond donors (Lipinski definition) is 1. The predicted octanol–water partition coefficient (Wildman–Crippen LogP) is 1.60. The first-order valence-electron chi connectivity index (χ1n) is 9.33. The van der Waals surface area contributed by atoms with Gasteiger partial charge in [-0.1, -0.05) is 6.07 Å². The molecule has 0 saturated carbocycles. The predicted molar refractivity (Wildman–Crippen MR) is 109 cm³/mol. The molecule has 2 heterocycles. The molecule has 1 saturated heterocycles. The smallest absolute Gasteiger partial charge is 0.254 e. The molecular weight excluding hydrogens is 390 g/mol. The van der Waals surface area contributed by atoms with E-state index in [0.717, 1.165) is 0 Å². The summed E-state index contributed by atoms with van der Waals surface area (Å²) in [6, 6.07) is 11.4. The van der Waals surface area contributed by atoms with E-state index in [1.54, 1.807) is 49.2 Å². The SMILES string of the molecule is CC(C)NS(=O)(=O)c1cccc(C(=O)N2CCN(c3ncccc3C#N)CC2)c1. The number of benzene rings is 1. The fourth-order valence-electron chi connectivity index (χ4n) is 3.21. The van der Waals surface area contributed by atoms with Gasteiger partial charge in [0.2, 0.25) is 10.0 Å². The molecule has 29 heavy (non-hydrogen) atoms. The molecule has 1 aromatic heterocycles.